The summed E-state index contributed by atoms with van der Waals surface area (Å²) < 4.78 is 0. The van der Waals surface area contributed by atoms with Crippen molar-refractivity contribution in [3.8, 4) is 0 Å². The van der Waals surface area contributed by atoms with Crippen LogP contribution in [-0.4, -0.2) is 64.0 Å². The number of nitrogens with zero attached hydrogens (tertiary/aromatic N) is 2. The molecule has 0 aromatic heterocycles. The number of carbonyl (C=O) groups is 4. The van der Waals surface area contributed by atoms with Crippen LogP contribution in [0.4, 0.5) is 0 Å². The van der Waals surface area contributed by atoms with Crippen LogP contribution >= 0.6 is 0 Å². The lowest BCUT2D eigenvalue weighted by Gasteiger charge is -2.37. The van der Waals surface area contributed by atoms with E-state index >= 15 is 0 Å². The van der Waals surface area contributed by atoms with E-state index in [9.17, 15) is 19.2 Å². The standard InChI is InChI=1S/C19H29N4O4/c1-12(17(20)26)5-6-15(25)22-10-7-13-16(22)14(24)11-23(13)18(27)19(21)8-3-2-4-9-19/h6,12-13,16H,2-5,7-11,21H2,1H3,(H2,20,26). The van der Waals surface area contributed by atoms with Crippen LogP contribution in [0.2, 0.25) is 0 Å². The molecule has 3 fully saturated rings. The Hall–Kier alpha value is -1.96. The van der Waals surface area contributed by atoms with Crippen LogP contribution in [0.25, 0.3) is 0 Å². The van der Waals surface area contributed by atoms with Crippen LogP contribution in [-0.2, 0) is 19.2 Å². The van der Waals surface area contributed by atoms with Crippen molar-refractivity contribution >= 4 is 23.5 Å². The van der Waals surface area contributed by atoms with E-state index in [1.807, 2.05) is 0 Å². The number of hydrogen-bond donors (Lipinski definition) is 2. The van der Waals surface area contributed by atoms with Crippen LogP contribution in [0.1, 0.15) is 51.9 Å². The summed E-state index contributed by atoms with van der Waals surface area (Å²) in [6, 6.07) is -0.896. The van der Waals surface area contributed by atoms with Gasteiger partial charge in [-0.15, -0.1) is 0 Å². The summed E-state index contributed by atoms with van der Waals surface area (Å²) >= 11 is 0. The van der Waals surface area contributed by atoms with Gasteiger partial charge in [-0.1, -0.05) is 26.2 Å². The van der Waals surface area contributed by atoms with Crippen molar-refractivity contribution in [1.29, 1.82) is 0 Å². The van der Waals surface area contributed by atoms with Gasteiger partial charge in [0.2, 0.25) is 17.7 Å². The van der Waals surface area contributed by atoms with Crippen LogP contribution in [0.3, 0.4) is 0 Å². The van der Waals surface area contributed by atoms with E-state index in [1.165, 1.54) is 11.3 Å². The van der Waals surface area contributed by atoms with Crippen molar-refractivity contribution in [2.45, 2.75) is 69.5 Å². The third-order valence-electron chi connectivity index (χ3n) is 6.27. The van der Waals surface area contributed by atoms with Crippen molar-refractivity contribution in [3.05, 3.63) is 6.42 Å². The summed E-state index contributed by atoms with van der Waals surface area (Å²) in [5.41, 5.74) is 10.7. The maximum absolute atomic E-state index is 13.1. The molecule has 0 aromatic rings. The van der Waals surface area contributed by atoms with Gasteiger partial charge in [0.05, 0.1) is 24.5 Å². The second kappa shape index (κ2) is 7.58. The zero-order valence-corrected chi connectivity index (χ0v) is 15.9. The fraction of sp³-hybridized carbons (Fsp3) is 0.737. The lowest BCUT2D eigenvalue weighted by atomic mass is 9.81. The fourth-order valence-corrected chi connectivity index (χ4v) is 4.53. The average molecular weight is 377 g/mol. The van der Waals surface area contributed by atoms with Crippen molar-refractivity contribution in [1.82, 2.24) is 9.80 Å². The highest BCUT2D eigenvalue weighted by atomic mass is 16.2. The normalized spacial score (nSPS) is 28.1. The van der Waals surface area contributed by atoms with Gasteiger partial charge in [-0.3, -0.25) is 19.2 Å². The van der Waals surface area contributed by atoms with Crippen molar-refractivity contribution < 1.29 is 19.2 Å². The maximum Gasteiger partial charge on any atom is 0.243 e. The van der Waals surface area contributed by atoms with E-state index in [1.54, 1.807) is 11.8 Å². The number of carbonyl (C=O) groups excluding carboxylic acids is 4. The van der Waals surface area contributed by atoms with Gasteiger partial charge in [-0.05, 0) is 25.7 Å². The Kier molecular flexibility index (Phi) is 5.55. The molecule has 27 heavy (non-hydrogen) atoms. The molecule has 3 amide bonds. The SMILES string of the molecule is CC(C[CH]C(=O)N1CCC2C1C(=O)CN2C(=O)C1(N)CCCCC1)C(N)=O. The zero-order valence-electron chi connectivity index (χ0n) is 15.9. The number of nitrogens with two attached hydrogens (primary N) is 2. The summed E-state index contributed by atoms with van der Waals surface area (Å²) in [4.78, 5) is 52.5. The first kappa shape index (κ1) is 19.8. The van der Waals surface area contributed by atoms with Gasteiger partial charge in [-0.25, -0.2) is 0 Å². The summed E-state index contributed by atoms with van der Waals surface area (Å²) in [6.07, 6.45) is 6.46. The van der Waals surface area contributed by atoms with Crippen LogP contribution in [0.5, 0.6) is 0 Å². The molecule has 149 valence electrons. The van der Waals surface area contributed by atoms with E-state index in [0.717, 1.165) is 19.3 Å². The van der Waals surface area contributed by atoms with E-state index in [0.29, 0.717) is 25.8 Å². The number of primary amides is 1. The monoisotopic (exact) mass is 377 g/mol. The highest BCUT2D eigenvalue weighted by Crippen LogP contribution is 2.35. The highest BCUT2D eigenvalue weighted by molar-refractivity contribution is 6.00. The number of fused-ring (bicyclic) bond motifs is 1. The summed E-state index contributed by atoms with van der Waals surface area (Å²) in [5.74, 6) is -1.45. The first-order valence-electron chi connectivity index (χ1n) is 9.80. The Bertz CT molecular complexity index is 644. The largest absolute Gasteiger partial charge is 0.369 e. The van der Waals surface area contributed by atoms with Gasteiger partial charge in [0.1, 0.15) is 6.04 Å². The van der Waals surface area contributed by atoms with Crippen LogP contribution in [0, 0.1) is 12.3 Å². The summed E-state index contributed by atoms with van der Waals surface area (Å²) in [7, 11) is 0. The third-order valence-corrected chi connectivity index (χ3v) is 6.27. The minimum atomic E-state index is -0.881. The molecular formula is C19H29N4O4. The first-order valence-corrected chi connectivity index (χ1v) is 9.80. The second-order valence-corrected chi connectivity index (χ2v) is 8.19. The topological polar surface area (TPSA) is 127 Å². The molecule has 2 aliphatic heterocycles. The molecule has 0 aromatic carbocycles. The van der Waals surface area contributed by atoms with E-state index in [-0.39, 0.29) is 36.6 Å². The van der Waals surface area contributed by atoms with Gasteiger partial charge in [-0.2, -0.15) is 0 Å². The predicted molar refractivity (Wildman–Crippen MR) is 97.9 cm³/mol. The molecule has 8 heteroatoms. The molecule has 4 N–H and O–H groups in total. The van der Waals surface area contributed by atoms with Gasteiger partial charge in [0, 0.05) is 12.5 Å². The maximum atomic E-state index is 13.1. The number of likely N-dealkylation sites (tertiary alicyclic amines) is 2. The summed E-state index contributed by atoms with van der Waals surface area (Å²) in [6.45, 7) is 2.10. The minimum Gasteiger partial charge on any atom is -0.369 e. The van der Waals surface area contributed by atoms with E-state index < -0.39 is 23.4 Å². The Morgan fingerprint density at radius 3 is 2.52 bits per heavy atom. The smallest absolute Gasteiger partial charge is 0.243 e. The molecule has 0 spiro atoms. The Balaban J connectivity index is 1.66. The van der Waals surface area contributed by atoms with Gasteiger partial charge < -0.3 is 21.3 Å². The average Bonchev–Trinajstić information content (AvgIpc) is 3.21. The van der Waals surface area contributed by atoms with Crippen molar-refractivity contribution in [3.63, 3.8) is 0 Å². The van der Waals surface area contributed by atoms with Crippen molar-refractivity contribution in [2.75, 3.05) is 13.1 Å². The molecule has 1 radical (unpaired) electrons. The molecule has 1 aliphatic carbocycles. The summed E-state index contributed by atoms with van der Waals surface area (Å²) in [5, 5.41) is 0. The first-order chi connectivity index (χ1) is 12.7. The Labute approximate surface area is 159 Å². The van der Waals surface area contributed by atoms with Crippen molar-refractivity contribution in [2.24, 2.45) is 17.4 Å². The third kappa shape index (κ3) is 3.72. The van der Waals surface area contributed by atoms with Crippen LogP contribution < -0.4 is 11.5 Å². The number of rotatable bonds is 5. The molecule has 2 heterocycles. The zero-order chi connectivity index (χ0) is 19.8. The second-order valence-electron chi connectivity index (χ2n) is 8.19. The molecule has 3 unspecified atom stereocenters. The Morgan fingerprint density at radius 2 is 1.89 bits per heavy atom. The molecule has 3 atom stereocenters. The van der Waals surface area contributed by atoms with Crippen LogP contribution in [0.15, 0.2) is 0 Å². The lowest BCUT2D eigenvalue weighted by Crippen LogP contribution is -2.57. The lowest BCUT2D eigenvalue weighted by molar-refractivity contribution is -0.140. The predicted octanol–water partition coefficient (Wildman–Crippen LogP) is -0.255. The van der Waals surface area contributed by atoms with Gasteiger partial charge >= 0.3 is 0 Å². The molecule has 0 bridgehead atoms. The molecule has 8 nitrogen and oxygen atoms in total. The molecular weight excluding hydrogens is 348 g/mol. The molecule has 2 saturated heterocycles. The van der Waals surface area contributed by atoms with E-state index in [4.69, 9.17) is 11.5 Å². The number of Topliss-reactive ketones (excluding diaryl/α,β-unsaturated/α-hetero) is 1. The fourth-order valence-electron chi connectivity index (χ4n) is 4.53. The molecule has 1 saturated carbocycles. The molecule has 3 rings (SSSR count). The van der Waals surface area contributed by atoms with Gasteiger partial charge in [0.25, 0.3) is 0 Å². The van der Waals surface area contributed by atoms with Gasteiger partial charge in [0.15, 0.2) is 5.78 Å². The van der Waals surface area contributed by atoms with E-state index in [2.05, 4.69) is 0 Å². The quantitative estimate of drug-likeness (QED) is 0.683. The highest BCUT2D eigenvalue weighted by Gasteiger charge is 2.53. The number of ketones is 1. The minimum absolute atomic E-state index is 0.0224. The number of hydrogen-bond acceptors (Lipinski definition) is 5. The number of amides is 3. The Morgan fingerprint density at radius 1 is 1.22 bits per heavy atom. The molecule has 3 aliphatic rings.